The van der Waals surface area contributed by atoms with E-state index in [-0.39, 0.29) is 0 Å². The summed E-state index contributed by atoms with van der Waals surface area (Å²) in [4.78, 5) is 15.8. The third-order valence-electron chi connectivity index (χ3n) is 2.57. The number of nitrogens with zero attached hydrogens (tertiary/aromatic N) is 1. The first-order valence-electron chi connectivity index (χ1n) is 6.31. The van der Waals surface area contributed by atoms with E-state index in [0.717, 1.165) is 16.3 Å². The highest BCUT2D eigenvalue weighted by Gasteiger charge is 2.06. The Bertz CT molecular complexity index is 605. The van der Waals surface area contributed by atoms with Crippen LogP contribution in [0, 0.1) is 0 Å². The number of aromatic nitrogens is 1. The number of carbonyl (C=O) groups excluding carboxylic acids is 1. The van der Waals surface area contributed by atoms with Crippen LogP contribution >= 0.6 is 11.3 Å². The van der Waals surface area contributed by atoms with Crippen molar-refractivity contribution in [2.24, 2.45) is 5.73 Å². The molecule has 1 heterocycles. The predicted octanol–water partition coefficient (Wildman–Crippen LogP) is 2.76. The van der Waals surface area contributed by atoms with E-state index >= 15 is 0 Å². The summed E-state index contributed by atoms with van der Waals surface area (Å²) in [6.07, 6.45) is 1.77. The predicted molar refractivity (Wildman–Crippen MR) is 80.2 cm³/mol. The molecule has 2 rings (SSSR count). The molecule has 20 heavy (non-hydrogen) atoms. The van der Waals surface area contributed by atoms with E-state index in [0.29, 0.717) is 18.7 Å². The zero-order chi connectivity index (χ0) is 14.4. The summed E-state index contributed by atoms with van der Waals surface area (Å²) in [5, 5.41) is 2.87. The molecule has 104 valence electrons. The molecule has 0 atom stereocenters. The van der Waals surface area contributed by atoms with Crippen LogP contribution in [0.15, 0.2) is 47.5 Å². The minimum atomic E-state index is -0.412. The molecule has 0 unspecified atom stereocenters. The fourth-order valence-electron chi connectivity index (χ4n) is 1.69. The van der Waals surface area contributed by atoms with E-state index in [2.05, 4.69) is 4.98 Å². The summed E-state index contributed by atoms with van der Waals surface area (Å²) in [6.45, 7) is 2.10. The van der Waals surface area contributed by atoms with Gasteiger partial charge in [0.15, 0.2) is 0 Å². The minimum absolute atomic E-state index is 0.345. The van der Waals surface area contributed by atoms with Crippen molar-refractivity contribution >= 4 is 17.3 Å². The van der Waals surface area contributed by atoms with Gasteiger partial charge in [0, 0.05) is 29.1 Å². The van der Waals surface area contributed by atoms with Gasteiger partial charge >= 0.3 is 5.97 Å². The number of nitrogens with two attached hydrogens (primary N) is 1. The maximum absolute atomic E-state index is 11.3. The number of allylic oxidation sites excluding steroid dienone is 1. The molecule has 0 saturated carbocycles. The van der Waals surface area contributed by atoms with Crippen LogP contribution in [-0.2, 0) is 16.0 Å². The van der Waals surface area contributed by atoms with Gasteiger partial charge in [-0.15, -0.1) is 11.3 Å². The van der Waals surface area contributed by atoms with Crippen LogP contribution in [0.4, 0.5) is 0 Å². The highest BCUT2D eigenvalue weighted by atomic mass is 32.1. The fraction of sp³-hybridized carbons (Fsp3) is 0.200. The van der Waals surface area contributed by atoms with Gasteiger partial charge in [0.25, 0.3) is 0 Å². The molecule has 1 aromatic carbocycles. The molecule has 0 radical (unpaired) electrons. The Morgan fingerprint density at radius 1 is 1.40 bits per heavy atom. The van der Waals surface area contributed by atoms with Crippen LogP contribution in [0.2, 0.25) is 0 Å². The van der Waals surface area contributed by atoms with Crippen molar-refractivity contribution in [2.75, 3.05) is 6.61 Å². The molecule has 0 fully saturated rings. The maximum atomic E-state index is 11.3. The number of benzene rings is 1. The van der Waals surface area contributed by atoms with Gasteiger partial charge < -0.3 is 10.5 Å². The van der Waals surface area contributed by atoms with Gasteiger partial charge in [-0.3, -0.25) is 0 Å². The van der Waals surface area contributed by atoms with Crippen LogP contribution in [-0.4, -0.2) is 17.6 Å². The van der Waals surface area contributed by atoms with Crippen LogP contribution in [0.25, 0.3) is 11.3 Å². The molecule has 5 heteroatoms. The van der Waals surface area contributed by atoms with E-state index in [9.17, 15) is 4.79 Å². The van der Waals surface area contributed by atoms with E-state index in [1.54, 1.807) is 6.92 Å². The Morgan fingerprint density at radius 3 is 2.85 bits per heavy atom. The minimum Gasteiger partial charge on any atom is -0.463 e. The lowest BCUT2D eigenvalue weighted by Crippen LogP contribution is -2.07. The molecule has 0 bridgehead atoms. The molecule has 2 aromatic rings. The van der Waals surface area contributed by atoms with Crippen LogP contribution < -0.4 is 5.73 Å². The van der Waals surface area contributed by atoms with Gasteiger partial charge in [0.1, 0.15) is 0 Å². The lowest BCUT2D eigenvalue weighted by atomic mass is 10.2. The first-order valence-corrected chi connectivity index (χ1v) is 7.19. The smallest absolute Gasteiger partial charge is 0.332 e. The van der Waals surface area contributed by atoms with E-state index in [4.69, 9.17) is 10.5 Å². The largest absolute Gasteiger partial charge is 0.463 e. The number of rotatable bonds is 5. The second kappa shape index (κ2) is 6.86. The molecular formula is C15H16N2O2S. The van der Waals surface area contributed by atoms with Crippen molar-refractivity contribution < 1.29 is 9.53 Å². The van der Waals surface area contributed by atoms with Crippen molar-refractivity contribution in [3.05, 3.63) is 52.5 Å². The van der Waals surface area contributed by atoms with Crippen molar-refractivity contribution in [1.82, 2.24) is 4.98 Å². The topological polar surface area (TPSA) is 65.2 Å². The Balaban J connectivity index is 2.05. The van der Waals surface area contributed by atoms with Gasteiger partial charge in [-0.25, -0.2) is 9.78 Å². The number of hydrogen-bond donors (Lipinski definition) is 1. The molecule has 0 amide bonds. The molecule has 0 aliphatic heterocycles. The van der Waals surface area contributed by atoms with Gasteiger partial charge in [0.05, 0.1) is 17.3 Å². The summed E-state index contributed by atoms with van der Waals surface area (Å²) in [5.41, 5.74) is 8.27. The average molecular weight is 288 g/mol. The third kappa shape index (κ3) is 3.93. The Morgan fingerprint density at radius 2 is 2.15 bits per heavy atom. The van der Waals surface area contributed by atoms with E-state index in [1.165, 1.54) is 17.4 Å². The molecule has 0 spiro atoms. The van der Waals surface area contributed by atoms with Gasteiger partial charge in [0.2, 0.25) is 0 Å². The molecule has 2 N–H and O–H groups in total. The lowest BCUT2D eigenvalue weighted by Gasteiger charge is -1.99. The SMILES string of the molecule is CCOC(=O)/C=C(\N)Cc1nc(-c2ccccc2)cs1. The van der Waals surface area contributed by atoms with Gasteiger partial charge in [-0.2, -0.15) is 0 Å². The van der Waals surface area contributed by atoms with Crippen molar-refractivity contribution in [3.63, 3.8) is 0 Å². The van der Waals surface area contributed by atoms with Gasteiger partial charge in [-0.1, -0.05) is 30.3 Å². The monoisotopic (exact) mass is 288 g/mol. The normalized spacial score (nSPS) is 11.3. The third-order valence-corrected chi connectivity index (χ3v) is 3.42. The van der Waals surface area contributed by atoms with Crippen LogP contribution in [0.3, 0.4) is 0 Å². The second-order valence-corrected chi connectivity index (χ2v) is 5.08. The zero-order valence-electron chi connectivity index (χ0n) is 11.2. The summed E-state index contributed by atoms with van der Waals surface area (Å²) in [6, 6.07) is 9.94. The molecule has 1 aromatic heterocycles. The molecule has 4 nitrogen and oxygen atoms in total. The van der Waals surface area contributed by atoms with Crippen LogP contribution in [0.1, 0.15) is 11.9 Å². The molecule has 0 aliphatic carbocycles. The summed E-state index contributed by atoms with van der Waals surface area (Å²) >= 11 is 1.53. The quantitative estimate of drug-likeness (QED) is 0.678. The van der Waals surface area contributed by atoms with Gasteiger partial charge in [-0.05, 0) is 6.92 Å². The number of carbonyl (C=O) groups is 1. The first-order chi connectivity index (χ1) is 9.69. The number of thiazole rings is 1. The summed E-state index contributed by atoms with van der Waals surface area (Å²) in [7, 11) is 0. The zero-order valence-corrected chi connectivity index (χ0v) is 12.0. The Hall–Kier alpha value is -2.14. The second-order valence-electron chi connectivity index (χ2n) is 4.14. The number of hydrogen-bond acceptors (Lipinski definition) is 5. The van der Waals surface area contributed by atoms with E-state index < -0.39 is 5.97 Å². The average Bonchev–Trinajstić information content (AvgIpc) is 2.88. The highest BCUT2D eigenvalue weighted by Crippen LogP contribution is 2.22. The van der Waals surface area contributed by atoms with Crippen molar-refractivity contribution in [3.8, 4) is 11.3 Å². The molecular weight excluding hydrogens is 272 g/mol. The number of ether oxygens (including phenoxy) is 1. The Kier molecular flexibility index (Phi) is 4.90. The van der Waals surface area contributed by atoms with E-state index in [1.807, 2.05) is 35.7 Å². The summed E-state index contributed by atoms with van der Waals surface area (Å²) in [5.74, 6) is -0.412. The summed E-state index contributed by atoms with van der Waals surface area (Å²) < 4.78 is 4.81. The molecule has 0 aliphatic rings. The maximum Gasteiger partial charge on any atom is 0.332 e. The first kappa shape index (κ1) is 14.3. The standard InChI is InChI=1S/C15H16N2O2S/c1-2-19-15(18)9-12(16)8-14-17-13(10-20-14)11-6-4-3-5-7-11/h3-7,9-10H,2,8,16H2,1H3/b12-9-. The highest BCUT2D eigenvalue weighted by molar-refractivity contribution is 7.10. The lowest BCUT2D eigenvalue weighted by molar-refractivity contribution is -0.137. The number of esters is 1. The van der Waals surface area contributed by atoms with Crippen LogP contribution in [0.5, 0.6) is 0 Å². The Labute approximate surface area is 121 Å². The fourth-order valence-corrected chi connectivity index (χ4v) is 2.53. The van der Waals surface area contributed by atoms with Crippen molar-refractivity contribution in [1.29, 1.82) is 0 Å². The molecule has 0 saturated heterocycles. The van der Waals surface area contributed by atoms with Crippen molar-refractivity contribution in [2.45, 2.75) is 13.3 Å².